The van der Waals surface area contributed by atoms with E-state index in [9.17, 15) is 0 Å². The summed E-state index contributed by atoms with van der Waals surface area (Å²) in [7, 11) is 1.80. The lowest BCUT2D eigenvalue weighted by Crippen LogP contribution is -2.45. The zero-order valence-electron chi connectivity index (χ0n) is 13.9. The third kappa shape index (κ3) is 2.76. The van der Waals surface area contributed by atoms with Gasteiger partial charge in [0.25, 0.3) is 0 Å². The Balaban J connectivity index is 1.61. The zero-order chi connectivity index (χ0) is 15.6. The molecule has 2 aromatic carbocycles. The fraction of sp³-hybridized carbons (Fsp3) is 0.429. The highest BCUT2D eigenvalue weighted by atomic mass is 16.5. The fourth-order valence-corrected chi connectivity index (χ4v) is 4.57. The number of ether oxygens (including phenoxy) is 1. The first-order chi connectivity index (χ1) is 11.4. The van der Waals surface area contributed by atoms with Crippen molar-refractivity contribution >= 4 is 0 Å². The van der Waals surface area contributed by atoms with E-state index in [1.165, 1.54) is 36.9 Å². The van der Waals surface area contributed by atoms with Gasteiger partial charge in [-0.15, -0.1) is 0 Å². The summed E-state index contributed by atoms with van der Waals surface area (Å²) in [4.78, 5) is 2.71. The van der Waals surface area contributed by atoms with Crippen LogP contribution in [0.2, 0.25) is 0 Å². The Kier molecular flexibility index (Phi) is 4.09. The molecule has 2 aliphatic rings. The highest BCUT2D eigenvalue weighted by molar-refractivity contribution is 5.45. The minimum Gasteiger partial charge on any atom is -0.496 e. The van der Waals surface area contributed by atoms with Crippen molar-refractivity contribution in [3.63, 3.8) is 0 Å². The Labute approximate surface area is 139 Å². The maximum atomic E-state index is 5.60. The predicted octanol–water partition coefficient (Wildman–Crippen LogP) is 4.39. The van der Waals surface area contributed by atoms with Crippen LogP contribution in [0.3, 0.4) is 0 Å². The van der Waals surface area contributed by atoms with Gasteiger partial charge >= 0.3 is 0 Å². The van der Waals surface area contributed by atoms with Crippen molar-refractivity contribution in [2.45, 2.75) is 44.2 Å². The Morgan fingerprint density at radius 3 is 2.74 bits per heavy atom. The van der Waals surface area contributed by atoms with E-state index in [-0.39, 0.29) is 0 Å². The van der Waals surface area contributed by atoms with Gasteiger partial charge in [-0.2, -0.15) is 0 Å². The van der Waals surface area contributed by atoms with Gasteiger partial charge in [-0.05, 0) is 60.9 Å². The van der Waals surface area contributed by atoms with Crippen LogP contribution < -0.4 is 4.74 Å². The number of rotatable bonds is 3. The quantitative estimate of drug-likeness (QED) is 0.834. The van der Waals surface area contributed by atoms with Crippen LogP contribution in [0.25, 0.3) is 0 Å². The van der Waals surface area contributed by atoms with E-state index in [4.69, 9.17) is 4.74 Å². The Morgan fingerprint density at radius 1 is 1.04 bits per heavy atom. The lowest BCUT2D eigenvalue weighted by Gasteiger charge is -2.45. The second-order valence-electron chi connectivity index (χ2n) is 6.84. The van der Waals surface area contributed by atoms with E-state index in [1.54, 1.807) is 12.7 Å². The van der Waals surface area contributed by atoms with Crippen molar-refractivity contribution in [3.05, 3.63) is 65.2 Å². The normalized spacial score (nSPS) is 23.9. The molecule has 2 atom stereocenters. The van der Waals surface area contributed by atoms with Gasteiger partial charge in [0.15, 0.2) is 0 Å². The van der Waals surface area contributed by atoms with Crippen LogP contribution >= 0.6 is 0 Å². The van der Waals surface area contributed by atoms with Gasteiger partial charge in [0.05, 0.1) is 7.11 Å². The van der Waals surface area contributed by atoms with Gasteiger partial charge in [0, 0.05) is 12.6 Å². The highest BCUT2D eigenvalue weighted by Crippen LogP contribution is 2.43. The number of hydrogen-bond acceptors (Lipinski definition) is 2. The smallest absolute Gasteiger partial charge is 0.122 e. The molecule has 1 aliphatic heterocycles. The van der Waals surface area contributed by atoms with E-state index in [1.807, 2.05) is 0 Å². The average Bonchev–Trinajstić information content (AvgIpc) is 2.62. The van der Waals surface area contributed by atoms with E-state index in [0.717, 1.165) is 18.7 Å². The molecular weight excluding hydrogens is 282 g/mol. The molecule has 23 heavy (non-hydrogen) atoms. The van der Waals surface area contributed by atoms with Crippen LogP contribution in [-0.4, -0.2) is 24.6 Å². The molecule has 0 saturated carbocycles. The second kappa shape index (κ2) is 6.37. The van der Waals surface area contributed by atoms with Crippen LogP contribution in [0.4, 0.5) is 0 Å². The average molecular weight is 307 g/mol. The minimum absolute atomic E-state index is 0.673. The molecule has 0 spiro atoms. The van der Waals surface area contributed by atoms with E-state index in [0.29, 0.717) is 12.0 Å². The number of likely N-dealkylation sites (tertiary alicyclic amines) is 1. The molecule has 1 aliphatic carbocycles. The van der Waals surface area contributed by atoms with E-state index >= 15 is 0 Å². The lowest BCUT2D eigenvalue weighted by atomic mass is 9.74. The molecule has 2 nitrogen and oxygen atoms in total. The Morgan fingerprint density at radius 2 is 1.91 bits per heavy atom. The SMILES string of the molecule is COc1cccc2c1CC[C@H]1[C@H]2CCCN1Cc1ccccc1. The van der Waals surface area contributed by atoms with Crippen molar-refractivity contribution in [2.24, 2.45) is 0 Å². The number of hydrogen-bond donors (Lipinski definition) is 0. The van der Waals surface area contributed by atoms with Crippen molar-refractivity contribution in [1.82, 2.24) is 4.90 Å². The summed E-state index contributed by atoms with van der Waals surface area (Å²) >= 11 is 0. The van der Waals surface area contributed by atoms with Crippen molar-refractivity contribution in [2.75, 3.05) is 13.7 Å². The molecule has 0 unspecified atom stereocenters. The largest absolute Gasteiger partial charge is 0.496 e. The lowest BCUT2D eigenvalue weighted by molar-refractivity contribution is 0.104. The third-order valence-electron chi connectivity index (χ3n) is 5.60. The van der Waals surface area contributed by atoms with Crippen molar-refractivity contribution in [3.8, 4) is 5.75 Å². The number of fused-ring (bicyclic) bond motifs is 3. The van der Waals surface area contributed by atoms with Gasteiger partial charge in [0.1, 0.15) is 5.75 Å². The second-order valence-corrected chi connectivity index (χ2v) is 6.84. The Hall–Kier alpha value is -1.80. The first-order valence-corrected chi connectivity index (χ1v) is 8.80. The summed E-state index contributed by atoms with van der Waals surface area (Å²) in [6.07, 6.45) is 5.01. The van der Waals surface area contributed by atoms with E-state index in [2.05, 4.69) is 53.4 Å². The van der Waals surface area contributed by atoms with Gasteiger partial charge in [-0.3, -0.25) is 4.90 Å². The summed E-state index contributed by atoms with van der Waals surface area (Å²) in [5.74, 6) is 1.76. The van der Waals surface area contributed by atoms with Gasteiger partial charge in [-0.25, -0.2) is 0 Å². The predicted molar refractivity (Wildman–Crippen MR) is 93.9 cm³/mol. The molecule has 0 aromatic heterocycles. The van der Waals surface area contributed by atoms with Gasteiger partial charge in [0.2, 0.25) is 0 Å². The number of nitrogens with zero attached hydrogens (tertiary/aromatic N) is 1. The molecule has 0 N–H and O–H groups in total. The molecular formula is C21H25NO. The number of methoxy groups -OCH3 is 1. The molecule has 2 heteroatoms. The van der Waals surface area contributed by atoms with E-state index < -0.39 is 0 Å². The maximum absolute atomic E-state index is 5.60. The van der Waals surface area contributed by atoms with Gasteiger partial charge < -0.3 is 4.74 Å². The molecule has 1 fully saturated rings. The first-order valence-electron chi connectivity index (χ1n) is 8.80. The zero-order valence-corrected chi connectivity index (χ0v) is 13.9. The van der Waals surface area contributed by atoms with Crippen LogP contribution in [0, 0.1) is 0 Å². The van der Waals surface area contributed by atoms with Gasteiger partial charge in [-0.1, -0.05) is 42.5 Å². The number of piperidine rings is 1. The minimum atomic E-state index is 0.673. The summed E-state index contributed by atoms with van der Waals surface area (Å²) in [6, 6.07) is 18.2. The molecule has 0 radical (unpaired) electrons. The van der Waals surface area contributed by atoms with Crippen LogP contribution in [-0.2, 0) is 13.0 Å². The summed E-state index contributed by atoms with van der Waals surface area (Å²) < 4.78 is 5.60. The summed E-state index contributed by atoms with van der Waals surface area (Å²) in [5, 5.41) is 0. The highest BCUT2D eigenvalue weighted by Gasteiger charge is 2.36. The topological polar surface area (TPSA) is 12.5 Å². The van der Waals surface area contributed by atoms with Crippen LogP contribution in [0.5, 0.6) is 5.75 Å². The molecule has 4 rings (SSSR count). The monoisotopic (exact) mass is 307 g/mol. The molecule has 1 saturated heterocycles. The summed E-state index contributed by atoms with van der Waals surface area (Å²) in [5.41, 5.74) is 4.43. The number of benzene rings is 2. The first kappa shape index (κ1) is 14.8. The fourth-order valence-electron chi connectivity index (χ4n) is 4.57. The molecule has 1 heterocycles. The molecule has 2 aromatic rings. The standard InChI is InChI=1S/C21H25NO/c1-23-21-11-5-9-17-18-10-6-14-22(20(18)13-12-19(17)21)15-16-7-3-2-4-8-16/h2-5,7-9,11,18,20H,6,10,12-15H2,1H3/t18-,20-/m0/s1. The molecule has 0 bridgehead atoms. The van der Waals surface area contributed by atoms with Crippen LogP contribution in [0.1, 0.15) is 41.9 Å². The van der Waals surface area contributed by atoms with Crippen molar-refractivity contribution in [1.29, 1.82) is 0 Å². The summed E-state index contributed by atoms with van der Waals surface area (Å²) in [6.45, 7) is 2.32. The Bertz CT molecular complexity index is 667. The third-order valence-corrected chi connectivity index (χ3v) is 5.60. The molecule has 0 amide bonds. The van der Waals surface area contributed by atoms with Crippen LogP contribution in [0.15, 0.2) is 48.5 Å². The maximum Gasteiger partial charge on any atom is 0.122 e. The molecule has 120 valence electrons. The van der Waals surface area contributed by atoms with Crippen molar-refractivity contribution < 1.29 is 4.74 Å².